The monoisotopic (exact) mass is 615 g/mol. The third-order valence-electron chi connectivity index (χ3n) is 10.0. The van der Waals surface area contributed by atoms with Crippen LogP contribution in [0, 0.1) is 0 Å². The number of benzene rings is 2. The summed E-state index contributed by atoms with van der Waals surface area (Å²) in [5.74, 6) is 2.18. The molecule has 2 fully saturated rings. The van der Waals surface area contributed by atoms with Crippen molar-refractivity contribution < 1.29 is 8.82 Å². The van der Waals surface area contributed by atoms with Crippen LogP contribution in [0.2, 0.25) is 5.04 Å². The van der Waals surface area contributed by atoms with E-state index in [-0.39, 0.29) is 11.1 Å². The number of nitrogens with zero attached hydrogens (tertiary/aromatic N) is 7. The largest absolute Gasteiger partial charge is 0.400 e. The van der Waals surface area contributed by atoms with E-state index in [2.05, 4.69) is 118 Å². The van der Waals surface area contributed by atoms with Crippen molar-refractivity contribution in [3.63, 3.8) is 0 Å². The zero-order chi connectivity index (χ0) is 31.0. The Morgan fingerprint density at radius 3 is 2.02 bits per heavy atom. The molecule has 1 saturated heterocycles. The van der Waals surface area contributed by atoms with Gasteiger partial charge in [-0.3, -0.25) is 0 Å². The topological polar surface area (TPSA) is 73.9 Å². The predicted molar refractivity (Wildman–Crippen MR) is 173 cm³/mol. The van der Waals surface area contributed by atoms with Crippen LogP contribution in [0.4, 0.5) is 4.39 Å². The van der Waals surface area contributed by atoms with Crippen LogP contribution in [0.25, 0.3) is 0 Å². The van der Waals surface area contributed by atoms with Crippen molar-refractivity contribution in [2.75, 3.05) is 20.1 Å². The van der Waals surface area contributed by atoms with Gasteiger partial charge in [-0.1, -0.05) is 86.6 Å². The minimum atomic E-state index is -2.68. The van der Waals surface area contributed by atoms with Crippen molar-refractivity contribution in [3.05, 3.63) is 84.2 Å². The summed E-state index contributed by atoms with van der Waals surface area (Å²) in [6, 6.07) is 21.6. The number of rotatable bonds is 8. The average molecular weight is 616 g/mol. The summed E-state index contributed by atoms with van der Waals surface area (Å²) < 4.78 is 26.8. The molecular formula is C34H46FN7OSi. The van der Waals surface area contributed by atoms with Gasteiger partial charge in [0.25, 0.3) is 8.32 Å². The molecule has 3 heterocycles. The Balaban J connectivity index is 1.15. The minimum Gasteiger partial charge on any atom is -0.400 e. The molecule has 2 aromatic carbocycles. The molecule has 1 aliphatic heterocycles. The first-order valence-electron chi connectivity index (χ1n) is 16.0. The van der Waals surface area contributed by atoms with Crippen LogP contribution in [0.5, 0.6) is 0 Å². The van der Waals surface area contributed by atoms with Crippen LogP contribution in [-0.2, 0) is 23.7 Å². The van der Waals surface area contributed by atoms with Gasteiger partial charge in [-0.05, 0) is 48.1 Å². The first-order valence-corrected chi connectivity index (χ1v) is 17.9. The van der Waals surface area contributed by atoms with Crippen LogP contribution >= 0.6 is 0 Å². The molecule has 2 aliphatic rings. The summed E-state index contributed by atoms with van der Waals surface area (Å²) in [5, 5.41) is 20.4. The van der Waals surface area contributed by atoms with Crippen molar-refractivity contribution in [1.82, 2.24) is 34.7 Å². The maximum absolute atomic E-state index is 15.6. The van der Waals surface area contributed by atoms with Gasteiger partial charge in [-0.25, -0.2) is 9.07 Å². The number of hydrogen-bond donors (Lipinski definition) is 0. The SMILES string of the molecule is CN1CCC(F)(c2cn(C3CCC(c4nnc(CO[Si](c5ccccc5)(c5ccccc5)C(C)(C)C)n4C)CC3)nn2)CC1. The number of halogens is 1. The van der Waals surface area contributed by atoms with Gasteiger partial charge in [0.1, 0.15) is 11.5 Å². The van der Waals surface area contributed by atoms with E-state index in [0.717, 1.165) is 50.4 Å². The highest BCUT2D eigenvalue weighted by Crippen LogP contribution is 2.40. The predicted octanol–water partition coefficient (Wildman–Crippen LogP) is 5.27. The van der Waals surface area contributed by atoms with E-state index in [9.17, 15) is 0 Å². The molecule has 1 saturated carbocycles. The van der Waals surface area contributed by atoms with Gasteiger partial charge in [0.2, 0.25) is 0 Å². The lowest BCUT2D eigenvalue weighted by Crippen LogP contribution is -2.66. The van der Waals surface area contributed by atoms with Gasteiger partial charge in [0, 0.05) is 38.9 Å². The molecule has 0 unspecified atom stereocenters. The molecule has 10 heteroatoms. The second kappa shape index (κ2) is 12.3. The lowest BCUT2D eigenvalue weighted by molar-refractivity contribution is 0.0632. The van der Waals surface area contributed by atoms with Crippen LogP contribution in [0.1, 0.15) is 88.6 Å². The fraction of sp³-hybridized carbons (Fsp3) is 0.529. The molecular weight excluding hydrogens is 570 g/mol. The number of alkyl halides is 1. The van der Waals surface area contributed by atoms with E-state index in [1.165, 1.54) is 10.4 Å². The lowest BCUT2D eigenvalue weighted by atomic mass is 9.85. The van der Waals surface area contributed by atoms with Gasteiger partial charge in [-0.2, -0.15) is 0 Å². The minimum absolute atomic E-state index is 0.105. The van der Waals surface area contributed by atoms with Crippen LogP contribution in [0.15, 0.2) is 66.9 Å². The molecule has 44 heavy (non-hydrogen) atoms. The third kappa shape index (κ3) is 5.79. The van der Waals surface area contributed by atoms with E-state index in [4.69, 9.17) is 4.43 Å². The molecule has 2 aromatic heterocycles. The quantitative estimate of drug-likeness (QED) is 0.252. The van der Waals surface area contributed by atoms with Crippen LogP contribution in [0.3, 0.4) is 0 Å². The summed E-state index contributed by atoms with van der Waals surface area (Å²) in [5.41, 5.74) is -0.875. The van der Waals surface area contributed by atoms with Crippen molar-refractivity contribution in [1.29, 1.82) is 0 Å². The Bertz CT molecular complexity index is 1480. The maximum Gasteiger partial charge on any atom is 0.261 e. The fourth-order valence-corrected chi connectivity index (χ4v) is 11.8. The molecule has 0 N–H and O–H groups in total. The first kappa shape index (κ1) is 30.8. The van der Waals surface area contributed by atoms with Gasteiger partial charge in [0.05, 0.1) is 18.8 Å². The molecule has 0 amide bonds. The number of likely N-dealkylation sites (tertiary alicyclic amines) is 1. The van der Waals surface area contributed by atoms with Crippen LogP contribution < -0.4 is 10.4 Å². The summed E-state index contributed by atoms with van der Waals surface area (Å²) >= 11 is 0. The smallest absolute Gasteiger partial charge is 0.261 e. The number of aromatic nitrogens is 6. The summed E-state index contributed by atoms with van der Waals surface area (Å²) in [4.78, 5) is 2.17. The molecule has 8 nitrogen and oxygen atoms in total. The van der Waals surface area contributed by atoms with E-state index >= 15 is 4.39 Å². The number of piperidine rings is 1. The Kier molecular flexibility index (Phi) is 8.60. The maximum atomic E-state index is 15.6. The molecule has 0 spiro atoms. The zero-order valence-corrected chi connectivity index (χ0v) is 27.8. The molecule has 1 aliphatic carbocycles. The Labute approximate surface area is 261 Å². The molecule has 4 aromatic rings. The van der Waals surface area contributed by atoms with Gasteiger partial charge >= 0.3 is 0 Å². The number of hydrogen-bond acceptors (Lipinski definition) is 6. The van der Waals surface area contributed by atoms with Crippen molar-refractivity contribution in [2.24, 2.45) is 7.05 Å². The summed E-state index contributed by atoms with van der Waals surface area (Å²) in [6.07, 6.45) is 6.68. The second-order valence-corrected chi connectivity index (χ2v) is 18.1. The second-order valence-electron chi connectivity index (χ2n) is 13.8. The highest BCUT2D eigenvalue weighted by Gasteiger charge is 2.50. The standard InChI is InChI=1S/C34H46FN7OSi/c1-33(2,3)44(28-12-8-6-9-13-28,29-14-10-7-11-15-29)43-25-31-37-38-32(41(31)5)26-16-18-27(19-17-26)42-24-30(36-39-42)34(35)20-22-40(4)23-21-34/h6-15,24,26-27H,16-23,25H2,1-5H3. The molecule has 234 valence electrons. The van der Waals surface area contributed by atoms with Gasteiger partial charge in [-0.15, -0.1) is 15.3 Å². The Hall–Kier alpha value is -3.21. The van der Waals surface area contributed by atoms with Gasteiger partial charge in [0.15, 0.2) is 11.5 Å². The lowest BCUT2D eigenvalue weighted by Gasteiger charge is -2.42. The van der Waals surface area contributed by atoms with E-state index < -0.39 is 14.0 Å². The first-order chi connectivity index (χ1) is 21.1. The normalized spacial score (nSPS) is 21.4. The fourth-order valence-electron chi connectivity index (χ4n) is 7.28. The van der Waals surface area contributed by atoms with E-state index in [1.54, 1.807) is 0 Å². The highest BCUT2D eigenvalue weighted by molar-refractivity contribution is 6.99. The average Bonchev–Trinajstić information content (AvgIpc) is 3.68. The molecule has 0 bridgehead atoms. The third-order valence-corrected chi connectivity index (χ3v) is 15.0. The van der Waals surface area contributed by atoms with E-state index in [1.807, 2.05) is 17.9 Å². The molecule has 6 rings (SSSR count). The van der Waals surface area contributed by atoms with Crippen molar-refractivity contribution in [3.8, 4) is 0 Å². The van der Waals surface area contributed by atoms with E-state index in [0.29, 0.717) is 31.1 Å². The van der Waals surface area contributed by atoms with Crippen molar-refractivity contribution in [2.45, 2.75) is 88.6 Å². The van der Waals surface area contributed by atoms with Crippen LogP contribution in [-0.4, -0.2) is 63.1 Å². The Morgan fingerprint density at radius 2 is 1.45 bits per heavy atom. The highest BCUT2D eigenvalue weighted by atomic mass is 28.4. The van der Waals surface area contributed by atoms with Gasteiger partial charge < -0.3 is 13.9 Å². The molecule has 0 radical (unpaired) electrons. The Morgan fingerprint density at radius 1 is 0.864 bits per heavy atom. The summed E-state index contributed by atoms with van der Waals surface area (Å²) in [6.45, 7) is 8.76. The summed E-state index contributed by atoms with van der Waals surface area (Å²) in [7, 11) is 1.43. The molecule has 0 atom stereocenters. The zero-order valence-electron chi connectivity index (χ0n) is 26.8. The van der Waals surface area contributed by atoms with Crippen molar-refractivity contribution >= 4 is 18.7 Å².